The van der Waals surface area contributed by atoms with Crippen LogP contribution in [-0.4, -0.2) is 14.2 Å². The van der Waals surface area contributed by atoms with Crippen molar-refractivity contribution in [2.75, 3.05) is 0 Å². The molecule has 7 heteroatoms. The van der Waals surface area contributed by atoms with Crippen molar-refractivity contribution in [2.24, 2.45) is 0 Å². The zero-order valence-corrected chi connectivity index (χ0v) is 9.75. The van der Waals surface area contributed by atoms with E-state index in [1.54, 1.807) is 0 Å². The summed E-state index contributed by atoms with van der Waals surface area (Å²) in [5, 5.41) is -0.149. The largest absolute Gasteiger partial charge is 0.294 e. The third-order valence-corrected chi connectivity index (χ3v) is 3.32. The number of benzene rings is 1. The number of hydrogen-bond donors (Lipinski definition) is 0. The van der Waals surface area contributed by atoms with Crippen molar-refractivity contribution >= 4 is 37.1 Å². The van der Waals surface area contributed by atoms with Gasteiger partial charge in [-0.3, -0.25) is 4.79 Å². The summed E-state index contributed by atoms with van der Waals surface area (Å²) in [5.41, 5.74) is -0.474. The van der Waals surface area contributed by atoms with Crippen LogP contribution in [0.1, 0.15) is 17.3 Å². The summed E-state index contributed by atoms with van der Waals surface area (Å²) in [6, 6.07) is 2.02. The van der Waals surface area contributed by atoms with Gasteiger partial charge in [0.2, 0.25) is 0 Å². The first-order valence-corrected chi connectivity index (χ1v) is 6.37. The van der Waals surface area contributed by atoms with Gasteiger partial charge in [0.05, 0.1) is 10.6 Å². The summed E-state index contributed by atoms with van der Waals surface area (Å²) in [6.07, 6.45) is 0. The molecule has 15 heavy (non-hydrogen) atoms. The maximum absolute atomic E-state index is 13.5. The number of halogens is 3. The summed E-state index contributed by atoms with van der Waals surface area (Å²) in [5.74, 6) is -1.88. The third kappa shape index (κ3) is 2.48. The van der Waals surface area contributed by atoms with Crippen LogP contribution in [0.25, 0.3) is 0 Å². The molecule has 0 aromatic heterocycles. The lowest BCUT2D eigenvalue weighted by Gasteiger charge is -2.05. The van der Waals surface area contributed by atoms with E-state index in [9.17, 15) is 17.6 Å². The molecule has 0 aliphatic rings. The average molecular weight is 271 g/mol. The molecule has 0 spiro atoms. The molecule has 0 atom stereocenters. The normalized spacial score (nSPS) is 11.5. The van der Waals surface area contributed by atoms with Crippen molar-refractivity contribution in [3.05, 3.63) is 28.5 Å². The van der Waals surface area contributed by atoms with Gasteiger partial charge in [0, 0.05) is 10.7 Å². The van der Waals surface area contributed by atoms with Crippen LogP contribution >= 0.6 is 22.3 Å². The van der Waals surface area contributed by atoms with E-state index in [2.05, 4.69) is 0 Å². The molecule has 0 saturated heterocycles. The van der Waals surface area contributed by atoms with Crippen LogP contribution in [0.4, 0.5) is 4.39 Å². The van der Waals surface area contributed by atoms with Gasteiger partial charge in [0.1, 0.15) is 4.90 Å². The Morgan fingerprint density at radius 3 is 2.33 bits per heavy atom. The zero-order valence-electron chi connectivity index (χ0n) is 7.42. The summed E-state index contributed by atoms with van der Waals surface area (Å²) in [4.78, 5) is 10.3. The Balaban J connectivity index is 3.64. The van der Waals surface area contributed by atoms with E-state index in [-0.39, 0.29) is 5.02 Å². The Hall–Kier alpha value is -0.650. The predicted octanol–water partition coefficient (Wildman–Crippen LogP) is 2.61. The van der Waals surface area contributed by atoms with Crippen molar-refractivity contribution in [1.82, 2.24) is 0 Å². The van der Waals surface area contributed by atoms with Gasteiger partial charge in [0.25, 0.3) is 9.05 Å². The average Bonchev–Trinajstić information content (AvgIpc) is 2.00. The smallest absolute Gasteiger partial charge is 0.264 e. The van der Waals surface area contributed by atoms with Gasteiger partial charge in [-0.25, -0.2) is 12.8 Å². The highest BCUT2D eigenvalue weighted by atomic mass is 35.7. The molecule has 0 saturated carbocycles. The van der Waals surface area contributed by atoms with Crippen LogP contribution in [0.15, 0.2) is 17.0 Å². The van der Waals surface area contributed by atoms with Gasteiger partial charge in [-0.2, -0.15) is 0 Å². The molecule has 1 aromatic carbocycles. The van der Waals surface area contributed by atoms with E-state index >= 15 is 0 Å². The van der Waals surface area contributed by atoms with Crippen LogP contribution in [0, 0.1) is 5.82 Å². The van der Waals surface area contributed by atoms with E-state index in [0.717, 1.165) is 19.1 Å². The van der Waals surface area contributed by atoms with Gasteiger partial charge in [-0.05, 0) is 19.1 Å². The first kappa shape index (κ1) is 12.4. The molecule has 0 aliphatic carbocycles. The molecular formula is C8H5Cl2FO3S. The van der Waals surface area contributed by atoms with Gasteiger partial charge < -0.3 is 0 Å². The first-order valence-electron chi connectivity index (χ1n) is 3.68. The lowest BCUT2D eigenvalue weighted by molar-refractivity contribution is 0.101. The topological polar surface area (TPSA) is 51.2 Å². The van der Waals surface area contributed by atoms with E-state index in [0.29, 0.717) is 0 Å². The van der Waals surface area contributed by atoms with Crippen molar-refractivity contribution in [1.29, 1.82) is 0 Å². The molecule has 82 valence electrons. The minimum absolute atomic E-state index is 0.149. The van der Waals surface area contributed by atoms with Crippen molar-refractivity contribution in [2.45, 2.75) is 11.8 Å². The number of hydrogen-bond acceptors (Lipinski definition) is 3. The number of carbonyl (C=O) groups excluding carboxylic acids is 1. The maximum Gasteiger partial charge on any atom is 0.264 e. The van der Waals surface area contributed by atoms with Crippen LogP contribution in [-0.2, 0) is 9.05 Å². The standard InChI is InChI=1S/C8H5Cl2FO3S/c1-4(12)7-5(9)2-3-6(8(7)11)15(10,13)14/h2-3H,1H3. The molecular weight excluding hydrogens is 266 g/mol. The molecule has 0 bridgehead atoms. The van der Waals surface area contributed by atoms with Gasteiger partial charge >= 0.3 is 0 Å². The molecule has 1 rings (SSSR count). The van der Waals surface area contributed by atoms with Crippen molar-refractivity contribution < 1.29 is 17.6 Å². The fourth-order valence-electron chi connectivity index (χ4n) is 1.04. The molecule has 0 heterocycles. The molecule has 0 aliphatic heterocycles. The first-order chi connectivity index (χ1) is 6.75. The van der Waals surface area contributed by atoms with E-state index in [1.807, 2.05) is 0 Å². The number of carbonyl (C=O) groups is 1. The summed E-state index contributed by atoms with van der Waals surface area (Å²) >= 11 is 5.55. The highest BCUT2D eigenvalue weighted by molar-refractivity contribution is 8.13. The summed E-state index contributed by atoms with van der Waals surface area (Å²) in [7, 11) is 0.751. The lowest BCUT2D eigenvalue weighted by atomic mass is 10.1. The Morgan fingerprint density at radius 2 is 1.93 bits per heavy atom. The van der Waals surface area contributed by atoms with E-state index < -0.39 is 31.1 Å². The highest BCUT2D eigenvalue weighted by Gasteiger charge is 2.22. The summed E-state index contributed by atoms with van der Waals surface area (Å²) < 4.78 is 35.3. The second-order valence-electron chi connectivity index (χ2n) is 2.73. The highest BCUT2D eigenvalue weighted by Crippen LogP contribution is 2.27. The zero-order chi connectivity index (χ0) is 11.8. The lowest BCUT2D eigenvalue weighted by Crippen LogP contribution is -2.04. The Labute approximate surface area is 95.2 Å². The number of rotatable bonds is 2. The number of Topliss-reactive ketones (excluding diaryl/α,β-unsaturated/α-hetero) is 1. The van der Waals surface area contributed by atoms with Gasteiger partial charge in [-0.1, -0.05) is 11.6 Å². The quantitative estimate of drug-likeness (QED) is 0.613. The van der Waals surface area contributed by atoms with Gasteiger partial charge in [-0.15, -0.1) is 0 Å². The summed E-state index contributed by atoms with van der Waals surface area (Å²) in [6.45, 7) is 1.08. The minimum Gasteiger partial charge on any atom is -0.294 e. The van der Waals surface area contributed by atoms with E-state index in [1.165, 1.54) is 0 Å². The fourth-order valence-corrected chi connectivity index (χ4v) is 2.23. The number of ketones is 1. The molecule has 0 amide bonds. The Bertz CT molecular complexity index is 525. The monoisotopic (exact) mass is 270 g/mol. The Morgan fingerprint density at radius 1 is 1.40 bits per heavy atom. The van der Waals surface area contributed by atoms with Crippen LogP contribution in [0.3, 0.4) is 0 Å². The minimum atomic E-state index is -4.22. The second-order valence-corrected chi connectivity index (χ2v) is 5.67. The molecule has 0 fully saturated rings. The third-order valence-electron chi connectivity index (χ3n) is 1.67. The van der Waals surface area contributed by atoms with Gasteiger partial charge in [0.15, 0.2) is 11.6 Å². The Kier molecular flexibility index (Phi) is 3.38. The SMILES string of the molecule is CC(=O)c1c(Cl)ccc(S(=O)(=O)Cl)c1F. The van der Waals surface area contributed by atoms with Crippen LogP contribution in [0.2, 0.25) is 5.02 Å². The molecule has 0 radical (unpaired) electrons. The molecule has 1 aromatic rings. The second kappa shape index (κ2) is 4.08. The molecule has 0 N–H and O–H groups in total. The molecule has 0 unspecified atom stereocenters. The predicted molar refractivity (Wildman–Crippen MR) is 54.5 cm³/mol. The maximum atomic E-state index is 13.5. The van der Waals surface area contributed by atoms with E-state index in [4.69, 9.17) is 22.3 Å². The van der Waals surface area contributed by atoms with Crippen LogP contribution in [0.5, 0.6) is 0 Å². The molecule has 3 nitrogen and oxygen atoms in total. The fraction of sp³-hybridized carbons (Fsp3) is 0.125. The van der Waals surface area contributed by atoms with Crippen LogP contribution < -0.4 is 0 Å². The van der Waals surface area contributed by atoms with Crippen molar-refractivity contribution in [3.63, 3.8) is 0 Å². The van der Waals surface area contributed by atoms with Crippen molar-refractivity contribution in [3.8, 4) is 0 Å².